The molecule has 1 aromatic carbocycles. The molecule has 1 aliphatic rings. The topological polar surface area (TPSA) is 18.5 Å². The van der Waals surface area contributed by atoms with E-state index < -0.39 is 0 Å². The van der Waals surface area contributed by atoms with E-state index in [9.17, 15) is 0 Å². The maximum absolute atomic E-state index is 5.74. The van der Waals surface area contributed by atoms with Gasteiger partial charge < -0.3 is 9.47 Å². The molecule has 0 bridgehead atoms. The molecular formula is C13H18O2. The molecule has 0 N–H and O–H groups in total. The van der Waals surface area contributed by atoms with Crippen molar-refractivity contribution in [3.63, 3.8) is 0 Å². The van der Waals surface area contributed by atoms with Gasteiger partial charge in [-0.1, -0.05) is 13.8 Å². The van der Waals surface area contributed by atoms with E-state index in [-0.39, 0.29) is 0 Å². The number of fused-ring (bicyclic) bond motifs is 1. The Morgan fingerprint density at radius 1 is 1.40 bits per heavy atom. The van der Waals surface area contributed by atoms with Crippen LogP contribution in [0.5, 0.6) is 11.5 Å². The van der Waals surface area contributed by atoms with Gasteiger partial charge in [-0.05, 0) is 42.0 Å². The lowest BCUT2D eigenvalue weighted by Gasteiger charge is -2.28. The molecule has 2 rings (SSSR count). The van der Waals surface area contributed by atoms with Gasteiger partial charge in [0.15, 0.2) is 0 Å². The van der Waals surface area contributed by atoms with Gasteiger partial charge in [0.2, 0.25) is 0 Å². The highest BCUT2D eigenvalue weighted by molar-refractivity contribution is 5.41. The van der Waals surface area contributed by atoms with Gasteiger partial charge in [-0.25, -0.2) is 0 Å². The smallest absolute Gasteiger partial charge is 0.122 e. The van der Waals surface area contributed by atoms with Crippen LogP contribution in [0.1, 0.15) is 19.4 Å². The van der Waals surface area contributed by atoms with Crippen LogP contribution in [0.3, 0.4) is 0 Å². The van der Waals surface area contributed by atoms with Crippen LogP contribution < -0.4 is 9.47 Å². The van der Waals surface area contributed by atoms with Gasteiger partial charge >= 0.3 is 0 Å². The monoisotopic (exact) mass is 206 g/mol. The van der Waals surface area contributed by atoms with Crippen molar-refractivity contribution in [1.29, 1.82) is 0 Å². The lowest BCUT2D eigenvalue weighted by molar-refractivity contribution is 0.184. The third-order valence-corrected chi connectivity index (χ3v) is 3.15. The molecule has 0 fully saturated rings. The zero-order valence-electron chi connectivity index (χ0n) is 9.62. The van der Waals surface area contributed by atoms with E-state index in [1.807, 2.05) is 12.1 Å². The van der Waals surface area contributed by atoms with Crippen LogP contribution in [-0.4, -0.2) is 13.7 Å². The van der Waals surface area contributed by atoms with Crippen LogP contribution in [0.15, 0.2) is 18.2 Å². The number of hydrogen-bond acceptors (Lipinski definition) is 2. The Morgan fingerprint density at radius 2 is 2.20 bits per heavy atom. The van der Waals surface area contributed by atoms with Crippen LogP contribution in [0, 0.1) is 11.8 Å². The lowest BCUT2D eigenvalue weighted by Crippen LogP contribution is -2.25. The first kappa shape index (κ1) is 10.3. The van der Waals surface area contributed by atoms with E-state index in [1.165, 1.54) is 5.56 Å². The Morgan fingerprint density at radius 3 is 2.87 bits per heavy atom. The van der Waals surface area contributed by atoms with Crippen LogP contribution in [0.25, 0.3) is 0 Å². The number of rotatable bonds is 2. The highest BCUT2D eigenvalue weighted by atomic mass is 16.5. The second kappa shape index (κ2) is 4.13. The summed E-state index contributed by atoms with van der Waals surface area (Å²) < 4.78 is 11.0. The Bertz CT molecular complexity index is 344. The molecule has 0 radical (unpaired) electrons. The van der Waals surface area contributed by atoms with E-state index in [2.05, 4.69) is 19.9 Å². The summed E-state index contributed by atoms with van der Waals surface area (Å²) >= 11 is 0. The molecule has 2 nitrogen and oxygen atoms in total. The van der Waals surface area contributed by atoms with E-state index >= 15 is 0 Å². The summed E-state index contributed by atoms with van der Waals surface area (Å²) in [5.41, 5.74) is 1.28. The minimum absolute atomic E-state index is 0.629. The zero-order chi connectivity index (χ0) is 10.8. The van der Waals surface area contributed by atoms with Crippen molar-refractivity contribution in [2.24, 2.45) is 11.8 Å². The average Bonchev–Trinajstić information content (AvgIpc) is 2.27. The summed E-state index contributed by atoms with van der Waals surface area (Å²) in [6, 6.07) is 6.04. The van der Waals surface area contributed by atoms with E-state index in [4.69, 9.17) is 9.47 Å². The molecule has 0 saturated carbocycles. The first-order valence-electron chi connectivity index (χ1n) is 5.50. The molecule has 0 aliphatic carbocycles. The zero-order valence-corrected chi connectivity index (χ0v) is 9.62. The number of benzene rings is 1. The van der Waals surface area contributed by atoms with Crippen molar-refractivity contribution in [2.75, 3.05) is 13.7 Å². The molecule has 1 aromatic rings. The molecule has 15 heavy (non-hydrogen) atoms. The molecule has 1 atom stereocenters. The number of methoxy groups -OCH3 is 1. The fourth-order valence-electron chi connectivity index (χ4n) is 1.95. The largest absolute Gasteiger partial charge is 0.497 e. The van der Waals surface area contributed by atoms with Gasteiger partial charge in [0.1, 0.15) is 11.5 Å². The van der Waals surface area contributed by atoms with Crippen molar-refractivity contribution in [3.05, 3.63) is 23.8 Å². The van der Waals surface area contributed by atoms with E-state index in [0.717, 1.165) is 24.5 Å². The minimum Gasteiger partial charge on any atom is -0.497 e. The molecule has 1 heterocycles. The fourth-order valence-corrected chi connectivity index (χ4v) is 1.95. The third kappa shape index (κ3) is 2.09. The third-order valence-electron chi connectivity index (χ3n) is 3.15. The average molecular weight is 206 g/mol. The van der Waals surface area contributed by atoms with Crippen molar-refractivity contribution in [1.82, 2.24) is 0 Å². The van der Waals surface area contributed by atoms with E-state index in [0.29, 0.717) is 11.8 Å². The predicted molar refractivity (Wildman–Crippen MR) is 60.5 cm³/mol. The van der Waals surface area contributed by atoms with Crippen molar-refractivity contribution < 1.29 is 9.47 Å². The maximum Gasteiger partial charge on any atom is 0.122 e. The molecule has 0 spiro atoms. The summed E-state index contributed by atoms with van der Waals surface area (Å²) in [6.45, 7) is 5.34. The van der Waals surface area contributed by atoms with Gasteiger partial charge in [-0.3, -0.25) is 0 Å². The first-order valence-corrected chi connectivity index (χ1v) is 5.50. The summed E-state index contributed by atoms with van der Waals surface area (Å²) in [6.07, 6.45) is 1.10. The quantitative estimate of drug-likeness (QED) is 0.740. The molecule has 1 unspecified atom stereocenters. The molecular weight excluding hydrogens is 188 g/mol. The summed E-state index contributed by atoms with van der Waals surface area (Å²) in [7, 11) is 1.70. The van der Waals surface area contributed by atoms with Gasteiger partial charge in [0.25, 0.3) is 0 Å². The fraction of sp³-hybridized carbons (Fsp3) is 0.538. The van der Waals surface area contributed by atoms with Gasteiger partial charge in [-0.15, -0.1) is 0 Å². The highest BCUT2D eigenvalue weighted by Gasteiger charge is 2.22. The van der Waals surface area contributed by atoms with Crippen LogP contribution >= 0.6 is 0 Å². The van der Waals surface area contributed by atoms with Crippen LogP contribution in [0.4, 0.5) is 0 Å². The Balaban J connectivity index is 2.23. The summed E-state index contributed by atoms with van der Waals surface area (Å²) in [5, 5.41) is 0. The predicted octanol–water partition coefficient (Wildman–Crippen LogP) is 2.90. The standard InChI is InChI=1S/C13H18O2/c1-9(2)11-6-10-7-12(14-3)4-5-13(10)15-8-11/h4-5,7,9,11H,6,8H2,1-3H3. The van der Waals surface area contributed by atoms with Crippen LogP contribution in [-0.2, 0) is 6.42 Å². The second-order valence-electron chi connectivity index (χ2n) is 4.49. The van der Waals surface area contributed by atoms with Crippen molar-refractivity contribution in [3.8, 4) is 11.5 Å². The molecule has 0 aromatic heterocycles. The first-order chi connectivity index (χ1) is 7.20. The lowest BCUT2D eigenvalue weighted by atomic mass is 9.88. The van der Waals surface area contributed by atoms with Gasteiger partial charge in [0, 0.05) is 0 Å². The Labute approximate surface area is 91.2 Å². The Kier molecular flexibility index (Phi) is 2.85. The summed E-state index contributed by atoms with van der Waals surface area (Å²) in [5.74, 6) is 3.24. The van der Waals surface area contributed by atoms with Gasteiger partial charge in [-0.2, -0.15) is 0 Å². The molecule has 0 saturated heterocycles. The SMILES string of the molecule is COc1ccc2c(c1)CC(C(C)C)CO2. The van der Waals surface area contributed by atoms with Crippen LogP contribution in [0.2, 0.25) is 0 Å². The molecule has 1 aliphatic heterocycles. The van der Waals surface area contributed by atoms with E-state index in [1.54, 1.807) is 7.11 Å². The normalized spacial score (nSPS) is 19.6. The number of hydrogen-bond donors (Lipinski definition) is 0. The minimum atomic E-state index is 0.629. The maximum atomic E-state index is 5.74. The highest BCUT2D eigenvalue weighted by Crippen LogP contribution is 2.32. The second-order valence-corrected chi connectivity index (χ2v) is 4.49. The number of ether oxygens (including phenoxy) is 2. The molecule has 82 valence electrons. The molecule has 2 heteroatoms. The molecule has 0 amide bonds. The van der Waals surface area contributed by atoms with Gasteiger partial charge in [0.05, 0.1) is 13.7 Å². The Hall–Kier alpha value is -1.18. The van der Waals surface area contributed by atoms with Crippen molar-refractivity contribution >= 4 is 0 Å². The summed E-state index contributed by atoms with van der Waals surface area (Å²) in [4.78, 5) is 0. The van der Waals surface area contributed by atoms with Crippen molar-refractivity contribution in [2.45, 2.75) is 20.3 Å².